The van der Waals surface area contributed by atoms with Crippen LogP contribution in [0.5, 0.6) is 0 Å². The van der Waals surface area contributed by atoms with E-state index in [1.165, 1.54) is 53.9 Å². The third kappa shape index (κ3) is 12.4. The number of aldehydes is 2. The van der Waals surface area contributed by atoms with Gasteiger partial charge in [-0.1, -0.05) is 0 Å². The summed E-state index contributed by atoms with van der Waals surface area (Å²) in [7, 11) is 0. The van der Waals surface area contributed by atoms with Gasteiger partial charge in [0.1, 0.15) is 30.0 Å². The van der Waals surface area contributed by atoms with E-state index in [9.17, 15) is 41.1 Å². The number of imidazole rings is 3. The fourth-order valence-corrected chi connectivity index (χ4v) is 5.99. The Labute approximate surface area is 362 Å². The lowest BCUT2D eigenvalue weighted by atomic mass is 10.1. The highest BCUT2D eigenvalue weighted by atomic mass is 19.2. The lowest BCUT2D eigenvalue weighted by Gasteiger charge is -2.13. The molecule has 4 aromatic carbocycles. The number of hydrogen-bond acceptors (Lipinski definition) is 9. The molecular formula is C45H38F5N9O5. The fourth-order valence-electron chi connectivity index (χ4n) is 5.99. The van der Waals surface area contributed by atoms with Gasteiger partial charge >= 0.3 is 5.97 Å². The Morgan fingerprint density at radius 3 is 1.48 bits per heavy atom. The van der Waals surface area contributed by atoms with Gasteiger partial charge in [-0.2, -0.15) is 5.26 Å². The minimum absolute atomic E-state index is 0.0712. The van der Waals surface area contributed by atoms with Crippen molar-refractivity contribution in [2.75, 3.05) is 13.1 Å². The van der Waals surface area contributed by atoms with Crippen molar-refractivity contribution in [1.82, 2.24) is 38.9 Å². The van der Waals surface area contributed by atoms with Crippen LogP contribution in [-0.4, -0.2) is 82.2 Å². The molecular weight excluding hydrogens is 842 g/mol. The number of amides is 1. The van der Waals surface area contributed by atoms with Crippen LogP contribution in [0.1, 0.15) is 64.9 Å². The third-order valence-electron chi connectivity index (χ3n) is 9.23. The van der Waals surface area contributed by atoms with E-state index in [0.29, 0.717) is 49.0 Å². The maximum Gasteiger partial charge on any atom is 0.335 e. The average Bonchev–Trinajstić information content (AvgIpc) is 4.11. The minimum atomic E-state index is -1.15. The number of carbonyl (C=O) groups excluding carboxylic acids is 3. The van der Waals surface area contributed by atoms with Crippen molar-refractivity contribution in [3.05, 3.63) is 179 Å². The summed E-state index contributed by atoms with van der Waals surface area (Å²) >= 11 is 0. The Morgan fingerprint density at radius 1 is 0.656 bits per heavy atom. The van der Waals surface area contributed by atoms with Gasteiger partial charge in [-0.3, -0.25) is 14.4 Å². The summed E-state index contributed by atoms with van der Waals surface area (Å²) in [6.45, 7) is 6.57. The monoisotopic (exact) mass is 879 g/mol. The largest absolute Gasteiger partial charge is 0.478 e. The molecule has 19 heteroatoms. The van der Waals surface area contributed by atoms with Crippen molar-refractivity contribution in [1.29, 1.82) is 5.26 Å². The number of aryl methyl sites for hydroxylation is 3. The molecule has 2 N–H and O–H groups in total. The summed E-state index contributed by atoms with van der Waals surface area (Å²) in [5, 5.41) is 20.3. The van der Waals surface area contributed by atoms with Crippen molar-refractivity contribution in [3.8, 4) is 23.3 Å². The second kappa shape index (κ2) is 21.5. The zero-order chi connectivity index (χ0) is 46.5. The number of halogens is 5. The highest BCUT2D eigenvalue weighted by Gasteiger charge is 2.24. The van der Waals surface area contributed by atoms with E-state index in [1.54, 1.807) is 63.8 Å². The van der Waals surface area contributed by atoms with Crippen molar-refractivity contribution >= 4 is 24.4 Å². The van der Waals surface area contributed by atoms with Gasteiger partial charge in [0, 0.05) is 54.4 Å². The third-order valence-corrected chi connectivity index (χ3v) is 9.23. The number of likely N-dealkylation sites (tertiary alicyclic amines) is 1. The van der Waals surface area contributed by atoms with Gasteiger partial charge in [0.2, 0.25) is 0 Å². The number of nitrogens with one attached hydrogen (secondary N) is 1. The summed E-state index contributed by atoms with van der Waals surface area (Å²) in [6, 6.07) is 15.4. The molecule has 8 rings (SSSR count). The quantitative estimate of drug-likeness (QED) is 0.0880. The molecule has 64 heavy (non-hydrogen) atoms. The zero-order valence-electron chi connectivity index (χ0n) is 34.3. The number of hydrogen-bond donors (Lipinski definition) is 2. The van der Waals surface area contributed by atoms with Crippen LogP contribution >= 0.6 is 0 Å². The van der Waals surface area contributed by atoms with E-state index >= 15 is 0 Å². The molecule has 0 unspecified atom stereocenters. The smallest absolute Gasteiger partial charge is 0.335 e. The Balaban J connectivity index is 0.000000167. The second-order valence-corrected chi connectivity index (χ2v) is 14.0. The van der Waals surface area contributed by atoms with Crippen molar-refractivity contribution < 1.29 is 46.2 Å². The number of benzene rings is 4. The normalized spacial score (nSPS) is 12.6. The molecule has 1 atom stereocenters. The molecule has 0 radical (unpaired) electrons. The van der Waals surface area contributed by atoms with E-state index in [2.05, 4.69) is 26.5 Å². The van der Waals surface area contributed by atoms with E-state index < -0.39 is 35.1 Å². The first-order chi connectivity index (χ1) is 30.6. The van der Waals surface area contributed by atoms with Crippen LogP contribution in [0.15, 0.2) is 110 Å². The van der Waals surface area contributed by atoms with Gasteiger partial charge in [-0.25, -0.2) is 41.7 Å². The fraction of sp³-hybridized carbons (Fsp3) is 0.156. The minimum Gasteiger partial charge on any atom is -0.478 e. The first-order valence-corrected chi connectivity index (χ1v) is 19.0. The predicted octanol–water partition coefficient (Wildman–Crippen LogP) is 7.53. The molecule has 14 nitrogen and oxygen atoms in total. The lowest BCUT2D eigenvalue weighted by molar-refractivity contribution is 0.0695. The molecule has 0 spiro atoms. The molecule has 4 heterocycles. The molecule has 1 fully saturated rings. The van der Waals surface area contributed by atoms with E-state index in [0.717, 1.165) is 35.3 Å². The standard InChI is InChI=1S/C16H16FN5O.C11H9FN2O2.C11H9FN2O.C7H4F2O/c1-11-7-22(10-19-11)15-3-2-12(6-14(15)17)16(23)20-13-4-5-21(8-13)9-18;1-7-5-14(6-13-7)10-3-2-8(11(15)16)4-9(10)12;1-8-5-14(7-13-8)11-3-2-9(6-15)4-10(11)12;8-6-2-1-5(4-10)3-7(6)9/h2-3,6-7,10,13H,4-5,8H2,1H3,(H,20,23);2-6H,1H3,(H,15,16);2-7H,1H3;1-4H/t13-;;;/m1.../s1. The molecule has 0 aliphatic carbocycles. The van der Waals surface area contributed by atoms with Gasteiger partial charge in [0.15, 0.2) is 17.8 Å². The van der Waals surface area contributed by atoms with Crippen molar-refractivity contribution in [3.63, 3.8) is 0 Å². The first-order valence-electron chi connectivity index (χ1n) is 19.0. The Morgan fingerprint density at radius 2 is 1.09 bits per heavy atom. The number of carbonyl (C=O) groups is 4. The van der Waals surface area contributed by atoms with Crippen LogP contribution in [0.4, 0.5) is 22.0 Å². The zero-order valence-corrected chi connectivity index (χ0v) is 34.3. The number of aromatic nitrogens is 6. The lowest BCUT2D eigenvalue weighted by Crippen LogP contribution is -2.36. The Hall–Kier alpha value is -8.27. The molecule has 0 bridgehead atoms. The maximum atomic E-state index is 14.3. The summed E-state index contributed by atoms with van der Waals surface area (Å²) < 4.78 is 70.4. The van der Waals surface area contributed by atoms with Crippen LogP contribution < -0.4 is 5.32 Å². The van der Waals surface area contributed by atoms with Gasteiger partial charge in [0.25, 0.3) is 5.91 Å². The Kier molecular flexibility index (Phi) is 15.7. The molecule has 0 saturated carbocycles. The number of nitrogens with zero attached hydrogens (tertiary/aromatic N) is 8. The number of rotatable bonds is 8. The van der Waals surface area contributed by atoms with Crippen LogP contribution in [-0.2, 0) is 0 Å². The number of aromatic carboxylic acids is 1. The van der Waals surface area contributed by atoms with Gasteiger partial charge in [0.05, 0.1) is 58.7 Å². The summed E-state index contributed by atoms with van der Waals surface area (Å²) in [4.78, 5) is 56.9. The molecule has 1 aliphatic heterocycles. The molecule has 3 aromatic heterocycles. The average molecular weight is 880 g/mol. The topological polar surface area (TPSA) is 181 Å². The molecule has 7 aromatic rings. The highest BCUT2D eigenvalue weighted by molar-refractivity contribution is 5.94. The van der Waals surface area contributed by atoms with Crippen LogP contribution in [0.25, 0.3) is 17.1 Å². The SMILES string of the molecule is Cc1cn(-c2ccc(C(=O)N[C@@H]3CCN(C#N)C3)cc2F)cn1.Cc1cn(-c2ccc(C(=O)O)cc2F)cn1.Cc1cn(-c2ccc(C=O)cc2F)cn1.O=Cc1ccc(F)c(F)c1. The predicted molar refractivity (Wildman–Crippen MR) is 222 cm³/mol. The Bertz CT molecular complexity index is 2830. The molecule has 1 saturated heterocycles. The number of carboxylic acid groups (broad SMARTS) is 1. The highest BCUT2D eigenvalue weighted by Crippen LogP contribution is 2.19. The maximum absolute atomic E-state index is 14.3. The van der Waals surface area contributed by atoms with Gasteiger partial charge in [-0.05, 0) is 100.0 Å². The second-order valence-electron chi connectivity index (χ2n) is 14.0. The molecule has 328 valence electrons. The summed E-state index contributed by atoms with van der Waals surface area (Å²) in [6.07, 6.45) is 13.5. The van der Waals surface area contributed by atoms with Crippen LogP contribution in [0.3, 0.4) is 0 Å². The number of nitriles is 1. The summed E-state index contributed by atoms with van der Waals surface area (Å²) in [5.41, 5.74) is 4.04. The van der Waals surface area contributed by atoms with E-state index in [-0.39, 0.29) is 34.3 Å². The van der Waals surface area contributed by atoms with Gasteiger partial charge < -0.3 is 29.0 Å². The first kappa shape index (κ1) is 46.8. The van der Waals surface area contributed by atoms with Crippen LogP contribution in [0, 0.1) is 61.3 Å². The molecule has 1 amide bonds. The van der Waals surface area contributed by atoms with Crippen molar-refractivity contribution in [2.24, 2.45) is 0 Å². The van der Waals surface area contributed by atoms with Gasteiger partial charge in [-0.15, -0.1) is 0 Å². The summed E-state index contributed by atoms with van der Waals surface area (Å²) in [5.74, 6) is -4.92. The van der Waals surface area contributed by atoms with E-state index in [1.807, 2.05) is 13.8 Å². The van der Waals surface area contributed by atoms with E-state index in [4.69, 9.17) is 10.4 Å². The molecule has 1 aliphatic rings. The van der Waals surface area contributed by atoms with Crippen LogP contribution in [0.2, 0.25) is 0 Å². The number of carboxylic acids is 1. The van der Waals surface area contributed by atoms with Crippen molar-refractivity contribution in [2.45, 2.75) is 33.2 Å².